The minimum atomic E-state index is -0.179. The van der Waals surface area contributed by atoms with E-state index in [1.807, 2.05) is 71.4 Å². The molecule has 1 atom stereocenters. The van der Waals surface area contributed by atoms with Gasteiger partial charge in [-0.05, 0) is 42.0 Å². The molecule has 0 saturated carbocycles. The van der Waals surface area contributed by atoms with Gasteiger partial charge < -0.3 is 19.2 Å². The van der Waals surface area contributed by atoms with Crippen molar-refractivity contribution in [1.29, 1.82) is 0 Å². The van der Waals surface area contributed by atoms with Gasteiger partial charge in [-0.2, -0.15) is 0 Å². The first kappa shape index (κ1) is 19.1. The minimum Gasteiger partial charge on any atom is -0.454 e. The number of hydrogen-bond acceptors (Lipinski definition) is 5. The first-order valence-corrected chi connectivity index (χ1v) is 10.3. The van der Waals surface area contributed by atoms with Crippen LogP contribution in [0.2, 0.25) is 0 Å². The first-order chi connectivity index (χ1) is 15.3. The zero-order valence-corrected chi connectivity index (χ0v) is 16.9. The van der Waals surface area contributed by atoms with Crippen molar-refractivity contribution in [3.05, 3.63) is 90.1 Å². The van der Waals surface area contributed by atoms with Crippen LogP contribution in [0.3, 0.4) is 0 Å². The molecule has 0 radical (unpaired) electrons. The van der Waals surface area contributed by atoms with Gasteiger partial charge in [0.25, 0.3) is 0 Å². The topological polar surface area (TPSA) is 77.8 Å². The summed E-state index contributed by atoms with van der Waals surface area (Å²) in [6.45, 7) is 0.754. The predicted octanol–water partition coefficient (Wildman–Crippen LogP) is 3.34. The Hall–Kier alpha value is -3.87. The maximum absolute atomic E-state index is 12.9. The summed E-state index contributed by atoms with van der Waals surface area (Å²) >= 11 is 0. The first-order valence-electron chi connectivity index (χ1n) is 10.3. The van der Waals surface area contributed by atoms with Crippen molar-refractivity contribution in [3.63, 3.8) is 0 Å². The Morgan fingerprint density at radius 1 is 1.06 bits per heavy atom. The maximum atomic E-state index is 12.9. The van der Waals surface area contributed by atoms with Gasteiger partial charge in [-0.25, -0.2) is 4.98 Å². The fraction of sp³-hybridized carbons (Fsp3) is 0.208. The molecule has 5 rings (SSSR count). The largest absolute Gasteiger partial charge is 0.454 e. The van der Waals surface area contributed by atoms with Crippen molar-refractivity contribution < 1.29 is 14.3 Å². The molecule has 1 aliphatic rings. The second kappa shape index (κ2) is 8.47. The van der Waals surface area contributed by atoms with Crippen molar-refractivity contribution >= 4 is 11.6 Å². The van der Waals surface area contributed by atoms with E-state index in [0.29, 0.717) is 25.1 Å². The Labute approximate surface area is 179 Å². The standard InChI is InChI=1S/C24H22N4O3/c29-24(26-11-9-18-5-1-3-10-25-18)14-19(17-7-8-21-22(13-17)31-16-30-21)20-15-27-23-6-2-4-12-28(20)23/h1-8,10,12-13,15,19H,9,11,14,16H2,(H,26,29). The second-order valence-electron chi connectivity index (χ2n) is 7.40. The number of nitrogens with one attached hydrogen (secondary N) is 1. The fourth-order valence-corrected chi connectivity index (χ4v) is 3.87. The third-order valence-corrected chi connectivity index (χ3v) is 5.42. The van der Waals surface area contributed by atoms with Gasteiger partial charge in [0, 0.05) is 49.6 Å². The van der Waals surface area contributed by atoms with Gasteiger partial charge in [0.1, 0.15) is 5.65 Å². The van der Waals surface area contributed by atoms with Crippen LogP contribution in [-0.4, -0.2) is 33.6 Å². The molecule has 0 aliphatic carbocycles. The molecule has 31 heavy (non-hydrogen) atoms. The van der Waals surface area contributed by atoms with Gasteiger partial charge in [0.2, 0.25) is 12.7 Å². The summed E-state index contributed by atoms with van der Waals surface area (Å²) in [6.07, 6.45) is 6.56. The smallest absolute Gasteiger partial charge is 0.231 e. The summed E-state index contributed by atoms with van der Waals surface area (Å²) in [5, 5.41) is 3.03. The van der Waals surface area contributed by atoms with E-state index in [-0.39, 0.29) is 18.6 Å². The van der Waals surface area contributed by atoms with Gasteiger partial charge >= 0.3 is 0 Å². The second-order valence-corrected chi connectivity index (χ2v) is 7.40. The number of aromatic nitrogens is 3. The quantitative estimate of drug-likeness (QED) is 0.502. The molecule has 0 fully saturated rings. The number of rotatable bonds is 7. The molecule has 1 aliphatic heterocycles. The van der Waals surface area contributed by atoms with Crippen LogP contribution in [0.4, 0.5) is 0 Å². The Morgan fingerprint density at radius 3 is 2.87 bits per heavy atom. The summed E-state index contributed by atoms with van der Waals surface area (Å²) in [6, 6.07) is 17.5. The van der Waals surface area contributed by atoms with Crippen molar-refractivity contribution in [1.82, 2.24) is 19.7 Å². The average molecular weight is 414 g/mol. The van der Waals surface area contributed by atoms with Gasteiger partial charge in [-0.15, -0.1) is 0 Å². The lowest BCUT2D eigenvalue weighted by Crippen LogP contribution is -2.27. The normalized spacial score (nSPS) is 13.3. The van der Waals surface area contributed by atoms with E-state index in [9.17, 15) is 4.79 Å². The number of benzene rings is 1. The molecule has 7 heteroatoms. The summed E-state index contributed by atoms with van der Waals surface area (Å²) < 4.78 is 13.0. The van der Waals surface area contributed by atoms with E-state index < -0.39 is 0 Å². The lowest BCUT2D eigenvalue weighted by atomic mass is 9.92. The number of pyridine rings is 2. The highest BCUT2D eigenvalue weighted by atomic mass is 16.7. The number of hydrogen-bond donors (Lipinski definition) is 1. The highest BCUT2D eigenvalue weighted by Crippen LogP contribution is 2.37. The third-order valence-electron chi connectivity index (χ3n) is 5.42. The Bertz CT molecular complexity index is 1210. The number of carbonyl (C=O) groups is 1. The molecular formula is C24H22N4O3. The highest BCUT2D eigenvalue weighted by Gasteiger charge is 2.24. The molecule has 156 valence electrons. The molecule has 0 saturated heterocycles. The van der Waals surface area contributed by atoms with Crippen LogP contribution in [0.1, 0.15) is 29.3 Å². The molecular weight excluding hydrogens is 392 g/mol. The molecule has 1 N–H and O–H groups in total. The molecule has 1 aromatic carbocycles. The Balaban J connectivity index is 1.38. The highest BCUT2D eigenvalue weighted by molar-refractivity contribution is 5.77. The fourth-order valence-electron chi connectivity index (χ4n) is 3.87. The summed E-state index contributed by atoms with van der Waals surface area (Å²) in [5.41, 5.74) is 3.74. The summed E-state index contributed by atoms with van der Waals surface area (Å²) in [7, 11) is 0. The van der Waals surface area contributed by atoms with Gasteiger partial charge in [-0.3, -0.25) is 9.78 Å². The number of amides is 1. The molecule has 4 heterocycles. The van der Waals surface area contributed by atoms with E-state index in [2.05, 4.69) is 15.3 Å². The molecule has 4 aromatic rings. The number of nitrogens with zero attached hydrogens (tertiary/aromatic N) is 3. The SMILES string of the molecule is O=C(CC(c1ccc2c(c1)OCO2)c1cnc2ccccn12)NCCc1ccccn1. The molecule has 0 bridgehead atoms. The van der Waals surface area contributed by atoms with Gasteiger partial charge in [0.15, 0.2) is 11.5 Å². The van der Waals surface area contributed by atoms with E-state index >= 15 is 0 Å². The number of fused-ring (bicyclic) bond motifs is 2. The van der Waals surface area contributed by atoms with Gasteiger partial charge in [-0.1, -0.05) is 18.2 Å². The Kier molecular flexibility index (Phi) is 5.22. The summed E-state index contributed by atoms with van der Waals surface area (Å²) in [5.74, 6) is 1.22. The third kappa shape index (κ3) is 4.07. The maximum Gasteiger partial charge on any atom is 0.231 e. The molecule has 1 amide bonds. The van der Waals surface area contributed by atoms with Crippen LogP contribution in [-0.2, 0) is 11.2 Å². The van der Waals surface area contributed by atoms with E-state index in [4.69, 9.17) is 9.47 Å². The van der Waals surface area contributed by atoms with Crippen LogP contribution in [0.25, 0.3) is 5.65 Å². The lowest BCUT2D eigenvalue weighted by Gasteiger charge is -2.18. The predicted molar refractivity (Wildman–Crippen MR) is 115 cm³/mol. The molecule has 7 nitrogen and oxygen atoms in total. The number of carbonyl (C=O) groups excluding carboxylic acids is 1. The van der Waals surface area contributed by atoms with Crippen LogP contribution >= 0.6 is 0 Å². The van der Waals surface area contributed by atoms with Crippen LogP contribution in [0.15, 0.2) is 73.2 Å². The van der Waals surface area contributed by atoms with Crippen molar-refractivity contribution in [3.8, 4) is 11.5 Å². The van der Waals surface area contributed by atoms with Crippen molar-refractivity contribution in [2.24, 2.45) is 0 Å². The van der Waals surface area contributed by atoms with Crippen LogP contribution in [0, 0.1) is 0 Å². The van der Waals surface area contributed by atoms with E-state index in [1.54, 1.807) is 6.20 Å². The molecule has 0 spiro atoms. The lowest BCUT2D eigenvalue weighted by molar-refractivity contribution is -0.121. The van der Waals surface area contributed by atoms with Crippen molar-refractivity contribution in [2.75, 3.05) is 13.3 Å². The minimum absolute atomic E-state index is 0.0236. The molecule has 1 unspecified atom stereocenters. The average Bonchev–Trinajstić information content (AvgIpc) is 3.45. The van der Waals surface area contributed by atoms with Crippen molar-refractivity contribution in [2.45, 2.75) is 18.8 Å². The van der Waals surface area contributed by atoms with Crippen LogP contribution < -0.4 is 14.8 Å². The van der Waals surface area contributed by atoms with E-state index in [0.717, 1.165) is 28.3 Å². The molecule has 3 aromatic heterocycles. The van der Waals surface area contributed by atoms with E-state index in [1.165, 1.54) is 0 Å². The van der Waals surface area contributed by atoms with Gasteiger partial charge in [0.05, 0.1) is 5.69 Å². The number of imidazole rings is 1. The summed E-state index contributed by atoms with van der Waals surface area (Å²) in [4.78, 5) is 21.7. The number of ether oxygens (including phenoxy) is 2. The zero-order chi connectivity index (χ0) is 21.0. The monoisotopic (exact) mass is 414 g/mol. The van der Waals surface area contributed by atoms with Crippen LogP contribution in [0.5, 0.6) is 11.5 Å². The Morgan fingerprint density at radius 2 is 1.97 bits per heavy atom. The zero-order valence-electron chi connectivity index (χ0n) is 16.9.